The number of carbonyl (C=O) groups is 2. The molecule has 0 aliphatic rings. The molecule has 1 N–H and O–H groups in total. The number of aromatic nitrogens is 1. The summed E-state index contributed by atoms with van der Waals surface area (Å²) in [5.74, 6) is -0.111. The van der Waals surface area contributed by atoms with Crippen LogP contribution in [0, 0.1) is 0 Å². The third kappa shape index (κ3) is 5.42. The second-order valence-electron chi connectivity index (χ2n) is 5.60. The lowest BCUT2D eigenvalue weighted by Gasteiger charge is -2.06. The highest BCUT2D eigenvalue weighted by Gasteiger charge is 2.10. The SMILES string of the molecule is C=CCNC(=O)COC(=O)c1ccc(CSc2nc3ccccc3s2)cc1. The number of esters is 1. The second kappa shape index (κ2) is 9.34. The van der Waals surface area contributed by atoms with Gasteiger partial charge in [0.25, 0.3) is 5.91 Å². The number of nitrogens with zero attached hydrogens (tertiary/aromatic N) is 1. The molecule has 0 saturated heterocycles. The van der Waals surface area contributed by atoms with Crippen molar-refractivity contribution >= 4 is 45.2 Å². The Hall–Kier alpha value is -2.64. The van der Waals surface area contributed by atoms with Crippen molar-refractivity contribution in [2.24, 2.45) is 0 Å². The molecule has 3 aromatic rings. The highest BCUT2D eigenvalue weighted by atomic mass is 32.2. The quantitative estimate of drug-likeness (QED) is 0.352. The molecule has 1 heterocycles. The molecule has 0 aliphatic heterocycles. The van der Waals surface area contributed by atoms with Crippen molar-refractivity contribution in [3.63, 3.8) is 0 Å². The lowest BCUT2D eigenvalue weighted by Crippen LogP contribution is -2.28. The van der Waals surface area contributed by atoms with Gasteiger partial charge in [-0.1, -0.05) is 42.1 Å². The zero-order valence-electron chi connectivity index (χ0n) is 14.5. The maximum absolute atomic E-state index is 12.0. The van der Waals surface area contributed by atoms with Gasteiger partial charge in [-0.3, -0.25) is 4.79 Å². The Morgan fingerprint density at radius 3 is 2.70 bits per heavy atom. The molecular formula is C20H18N2O3S2. The van der Waals surface area contributed by atoms with Crippen molar-refractivity contribution in [2.75, 3.05) is 13.2 Å². The molecule has 27 heavy (non-hydrogen) atoms. The molecule has 7 heteroatoms. The molecule has 0 atom stereocenters. The van der Waals surface area contributed by atoms with Gasteiger partial charge >= 0.3 is 5.97 Å². The number of para-hydroxylation sites is 1. The second-order valence-corrected chi connectivity index (χ2v) is 7.86. The molecule has 138 valence electrons. The first-order valence-electron chi connectivity index (χ1n) is 8.28. The average molecular weight is 399 g/mol. The average Bonchev–Trinajstić information content (AvgIpc) is 3.12. The molecule has 0 spiro atoms. The van der Waals surface area contributed by atoms with Crippen molar-refractivity contribution < 1.29 is 14.3 Å². The number of amides is 1. The van der Waals surface area contributed by atoms with Crippen LogP contribution in [0.5, 0.6) is 0 Å². The zero-order valence-corrected chi connectivity index (χ0v) is 16.1. The summed E-state index contributed by atoms with van der Waals surface area (Å²) in [6.07, 6.45) is 1.56. The first-order chi connectivity index (χ1) is 13.2. The minimum atomic E-state index is -0.519. The van der Waals surface area contributed by atoms with Gasteiger partial charge in [0.1, 0.15) is 0 Å². The van der Waals surface area contributed by atoms with Gasteiger partial charge in [-0.15, -0.1) is 17.9 Å². The number of rotatable bonds is 8. The van der Waals surface area contributed by atoms with Crippen LogP contribution in [0.25, 0.3) is 10.2 Å². The highest BCUT2D eigenvalue weighted by Crippen LogP contribution is 2.31. The maximum atomic E-state index is 12.0. The van der Waals surface area contributed by atoms with E-state index in [9.17, 15) is 9.59 Å². The number of benzene rings is 2. The summed E-state index contributed by atoms with van der Waals surface area (Å²) >= 11 is 3.34. The fraction of sp³-hybridized carbons (Fsp3) is 0.150. The van der Waals surface area contributed by atoms with Crippen molar-refractivity contribution in [3.8, 4) is 0 Å². The Balaban J connectivity index is 1.51. The van der Waals surface area contributed by atoms with Gasteiger partial charge in [0, 0.05) is 12.3 Å². The third-order valence-corrected chi connectivity index (χ3v) is 5.85. The Morgan fingerprint density at radius 1 is 1.19 bits per heavy atom. The zero-order chi connectivity index (χ0) is 19.1. The largest absolute Gasteiger partial charge is 0.452 e. The van der Waals surface area contributed by atoms with Gasteiger partial charge in [-0.05, 0) is 29.8 Å². The normalized spacial score (nSPS) is 10.5. The van der Waals surface area contributed by atoms with E-state index in [1.54, 1.807) is 41.3 Å². The van der Waals surface area contributed by atoms with E-state index in [4.69, 9.17) is 4.74 Å². The van der Waals surface area contributed by atoms with Gasteiger partial charge in [0.2, 0.25) is 0 Å². The van der Waals surface area contributed by atoms with Gasteiger partial charge < -0.3 is 10.1 Å². The third-order valence-electron chi connectivity index (χ3n) is 3.60. The molecule has 1 aromatic heterocycles. The Bertz CT molecular complexity index is 918. The van der Waals surface area contributed by atoms with Crippen LogP contribution >= 0.6 is 23.1 Å². The topological polar surface area (TPSA) is 68.3 Å². The summed E-state index contributed by atoms with van der Waals surface area (Å²) in [4.78, 5) is 28.0. The number of carbonyl (C=O) groups excluding carboxylic acids is 2. The van der Waals surface area contributed by atoms with E-state index in [-0.39, 0.29) is 12.5 Å². The number of nitrogens with one attached hydrogen (secondary N) is 1. The monoisotopic (exact) mass is 398 g/mol. The summed E-state index contributed by atoms with van der Waals surface area (Å²) < 4.78 is 7.19. The highest BCUT2D eigenvalue weighted by molar-refractivity contribution is 8.00. The van der Waals surface area contributed by atoms with Crippen LogP contribution in [0.3, 0.4) is 0 Å². The van der Waals surface area contributed by atoms with E-state index in [0.717, 1.165) is 21.2 Å². The number of hydrogen-bond donors (Lipinski definition) is 1. The molecule has 2 aromatic carbocycles. The predicted molar refractivity (Wildman–Crippen MR) is 109 cm³/mol. The van der Waals surface area contributed by atoms with Crippen molar-refractivity contribution in [3.05, 3.63) is 72.3 Å². The fourth-order valence-corrected chi connectivity index (χ4v) is 4.27. The fourth-order valence-electron chi connectivity index (χ4n) is 2.25. The molecule has 1 amide bonds. The molecule has 0 aliphatic carbocycles. The molecule has 0 fully saturated rings. The number of hydrogen-bond acceptors (Lipinski definition) is 6. The van der Waals surface area contributed by atoms with E-state index in [1.165, 1.54) is 4.70 Å². The molecule has 0 saturated carbocycles. The molecule has 0 bridgehead atoms. The van der Waals surface area contributed by atoms with E-state index in [0.29, 0.717) is 12.1 Å². The standard InChI is InChI=1S/C20H18N2O3S2/c1-2-11-21-18(23)12-25-19(24)15-9-7-14(8-10-15)13-26-20-22-16-5-3-4-6-17(16)27-20/h2-10H,1,11-13H2,(H,21,23). The Labute approximate surface area is 165 Å². The minimum absolute atomic E-state index is 0.304. The number of fused-ring (bicyclic) bond motifs is 1. The Morgan fingerprint density at radius 2 is 1.96 bits per heavy atom. The van der Waals surface area contributed by atoms with Crippen LogP contribution in [0.2, 0.25) is 0 Å². The van der Waals surface area contributed by atoms with Gasteiger partial charge in [0.05, 0.1) is 15.8 Å². The van der Waals surface area contributed by atoms with Gasteiger partial charge in [-0.25, -0.2) is 9.78 Å². The number of thiazole rings is 1. The summed E-state index contributed by atoms with van der Waals surface area (Å²) in [6, 6.07) is 15.2. The number of thioether (sulfide) groups is 1. The van der Waals surface area contributed by atoms with Crippen LogP contribution in [0.15, 0.2) is 65.5 Å². The molecule has 3 rings (SSSR count). The van der Waals surface area contributed by atoms with E-state index < -0.39 is 5.97 Å². The summed E-state index contributed by atoms with van der Waals surface area (Å²) in [6.45, 7) is 3.54. The van der Waals surface area contributed by atoms with Crippen molar-refractivity contribution in [1.82, 2.24) is 10.3 Å². The lowest BCUT2D eigenvalue weighted by atomic mass is 10.1. The van der Waals surface area contributed by atoms with Crippen LogP contribution in [0.1, 0.15) is 15.9 Å². The van der Waals surface area contributed by atoms with Crippen LogP contribution in [0.4, 0.5) is 0 Å². The first kappa shape index (κ1) is 19.1. The summed E-state index contributed by atoms with van der Waals surface area (Å²) in [5, 5.41) is 2.55. The van der Waals surface area contributed by atoms with Crippen LogP contribution < -0.4 is 5.32 Å². The van der Waals surface area contributed by atoms with Gasteiger partial charge in [0.15, 0.2) is 10.9 Å². The van der Waals surface area contributed by atoms with Crippen molar-refractivity contribution in [1.29, 1.82) is 0 Å². The van der Waals surface area contributed by atoms with E-state index in [2.05, 4.69) is 22.9 Å². The van der Waals surface area contributed by atoms with Crippen molar-refractivity contribution in [2.45, 2.75) is 10.1 Å². The summed E-state index contributed by atoms with van der Waals surface area (Å²) in [7, 11) is 0. The summed E-state index contributed by atoms with van der Waals surface area (Å²) in [5.41, 5.74) is 2.51. The predicted octanol–water partition coefficient (Wildman–Crippen LogP) is 4.05. The Kier molecular flexibility index (Phi) is 6.62. The van der Waals surface area contributed by atoms with E-state index in [1.807, 2.05) is 30.3 Å². The molecular weight excluding hydrogens is 380 g/mol. The molecule has 5 nitrogen and oxygen atoms in total. The molecule has 0 radical (unpaired) electrons. The molecule has 0 unspecified atom stereocenters. The van der Waals surface area contributed by atoms with Crippen LogP contribution in [-0.2, 0) is 15.3 Å². The van der Waals surface area contributed by atoms with E-state index >= 15 is 0 Å². The van der Waals surface area contributed by atoms with Gasteiger partial charge in [-0.2, -0.15) is 0 Å². The smallest absolute Gasteiger partial charge is 0.338 e. The minimum Gasteiger partial charge on any atom is -0.452 e. The maximum Gasteiger partial charge on any atom is 0.338 e. The number of ether oxygens (including phenoxy) is 1. The lowest BCUT2D eigenvalue weighted by molar-refractivity contribution is -0.124. The first-order valence-corrected chi connectivity index (χ1v) is 10.1. The van der Waals surface area contributed by atoms with Crippen LogP contribution in [-0.4, -0.2) is 30.0 Å².